The van der Waals surface area contributed by atoms with E-state index in [1.54, 1.807) is 19.1 Å². The summed E-state index contributed by atoms with van der Waals surface area (Å²) in [6.07, 6.45) is 0. The molecular formula is C12H16N2O2S. The molecule has 0 aliphatic heterocycles. The van der Waals surface area contributed by atoms with Crippen LogP contribution in [0.3, 0.4) is 0 Å². The number of anilines is 1. The van der Waals surface area contributed by atoms with Crippen LogP contribution in [0.25, 0.3) is 0 Å². The molecule has 0 unspecified atom stereocenters. The van der Waals surface area contributed by atoms with Gasteiger partial charge in [-0.05, 0) is 24.6 Å². The predicted molar refractivity (Wildman–Crippen MR) is 68.7 cm³/mol. The lowest BCUT2D eigenvalue weighted by Crippen LogP contribution is -2.17. The summed E-state index contributed by atoms with van der Waals surface area (Å²) in [5, 5.41) is 11.8. The first-order valence-corrected chi connectivity index (χ1v) is 7.25. The first-order valence-electron chi connectivity index (χ1n) is 5.43. The Morgan fingerprint density at radius 2 is 2.12 bits per heavy atom. The topological polar surface area (TPSA) is 70.0 Å². The van der Waals surface area contributed by atoms with Crippen molar-refractivity contribution in [2.75, 3.05) is 23.4 Å². The first-order chi connectivity index (χ1) is 7.98. The summed E-state index contributed by atoms with van der Waals surface area (Å²) in [6, 6.07) is 7.37. The van der Waals surface area contributed by atoms with E-state index < -0.39 is 9.84 Å². The molecule has 4 nitrogen and oxygen atoms in total. The molecule has 0 aliphatic carbocycles. The van der Waals surface area contributed by atoms with E-state index >= 15 is 0 Å². The molecule has 5 heteroatoms. The number of hydrogen-bond donors (Lipinski definition) is 1. The molecule has 0 aliphatic rings. The van der Waals surface area contributed by atoms with Crippen LogP contribution >= 0.6 is 0 Å². The standard InChI is InChI=1S/C12H16N2O2S/c1-3-17(15,16)7-6-14-12-8-11(9-13)5-4-10(12)2/h4-5,8,14H,3,6-7H2,1-2H3. The van der Waals surface area contributed by atoms with Crippen LogP contribution in [0.2, 0.25) is 0 Å². The summed E-state index contributed by atoms with van der Waals surface area (Å²) in [5.74, 6) is 0.269. The number of nitrogens with zero attached hydrogens (tertiary/aromatic N) is 1. The quantitative estimate of drug-likeness (QED) is 0.866. The number of nitriles is 1. The Labute approximate surface area is 102 Å². The van der Waals surface area contributed by atoms with Crippen molar-refractivity contribution in [3.63, 3.8) is 0 Å². The van der Waals surface area contributed by atoms with Crippen molar-refractivity contribution in [3.05, 3.63) is 29.3 Å². The van der Waals surface area contributed by atoms with Crippen molar-refractivity contribution < 1.29 is 8.42 Å². The normalized spacial score (nSPS) is 10.9. The maximum Gasteiger partial charge on any atom is 0.151 e. The van der Waals surface area contributed by atoms with E-state index in [2.05, 4.69) is 11.4 Å². The van der Waals surface area contributed by atoms with Gasteiger partial charge in [-0.2, -0.15) is 5.26 Å². The van der Waals surface area contributed by atoms with Crippen molar-refractivity contribution in [2.24, 2.45) is 0 Å². The van der Waals surface area contributed by atoms with Gasteiger partial charge in [-0.25, -0.2) is 8.42 Å². The van der Waals surface area contributed by atoms with Crippen molar-refractivity contribution in [2.45, 2.75) is 13.8 Å². The molecule has 17 heavy (non-hydrogen) atoms. The molecule has 0 radical (unpaired) electrons. The molecule has 1 aromatic rings. The van der Waals surface area contributed by atoms with Gasteiger partial charge in [0.2, 0.25) is 0 Å². The van der Waals surface area contributed by atoms with E-state index in [1.807, 2.05) is 13.0 Å². The Hall–Kier alpha value is -1.54. The predicted octanol–water partition coefficient (Wildman–Crippen LogP) is 1.71. The number of benzene rings is 1. The number of rotatable bonds is 5. The van der Waals surface area contributed by atoms with Gasteiger partial charge in [-0.1, -0.05) is 13.0 Å². The molecule has 0 atom stereocenters. The van der Waals surface area contributed by atoms with Crippen LogP contribution in [-0.2, 0) is 9.84 Å². The highest BCUT2D eigenvalue weighted by Gasteiger charge is 2.07. The van der Waals surface area contributed by atoms with Crippen LogP contribution in [0.15, 0.2) is 18.2 Å². The highest BCUT2D eigenvalue weighted by Crippen LogP contribution is 2.16. The monoisotopic (exact) mass is 252 g/mol. The minimum atomic E-state index is -2.95. The zero-order valence-corrected chi connectivity index (χ0v) is 10.8. The Kier molecular flexibility index (Phi) is 4.53. The molecule has 0 bridgehead atoms. The van der Waals surface area contributed by atoms with E-state index in [0.717, 1.165) is 11.3 Å². The Morgan fingerprint density at radius 3 is 2.71 bits per heavy atom. The number of nitrogens with one attached hydrogen (secondary N) is 1. The first kappa shape index (κ1) is 13.5. The largest absolute Gasteiger partial charge is 0.384 e. The maximum absolute atomic E-state index is 11.3. The lowest BCUT2D eigenvalue weighted by Gasteiger charge is -2.09. The third-order valence-corrected chi connectivity index (χ3v) is 4.24. The summed E-state index contributed by atoms with van der Waals surface area (Å²) < 4.78 is 22.6. The SMILES string of the molecule is CCS(=O)(=O)CCNc1cc(C#N)ccc1C. The molecule has 0 saturated heterocycles. The zero-order valence-electron chi connectivity index (χ0n) is 10.0. The van der Waals surface area contributed by atoms with E-state index in [9.17, 15) is 8.42 Å². The van der Waals surface area contributed by atoms with Crippen molar-refractivity contribution >= 4 is 15.5 Å². The van der Waals surface area contributed by atoms with Gasteiger partial charge >= 0.3 is 0 Å². The second-order valence-corrected chi connectivity index (χ2v) is 6.28. The lowest BCUT2D eigenvalue weighted by molar-refractivity contribution is 0.597. The third-order valence-electron chi connectivity index (χ3n) is 2.54. The van der Waals surface area contributed by atoms with Gasteiger partial charge in [0.1, 0.15) is 0 Å². The molecule has 0 spiro atoms. The fraction of sp³-hybridized carbons (Fsp3) is 0.417. The third kappa shape index (κ3) is 4.08. The summed E-state index contributed by atoms with van der Waals surface area (Å²) >= 11 is 0. The highest BCUT2D eigenvalue weighted by molar-refractivity contribution is 7.91. The summed E-state index contributed by atoms with van der Waals surface area (Å²) in [6.45, 7) is 3.92. The molecule has 1 rings (SSSR count). The summed E-state index contributed by atoms with van der Waals surface area (Å²) in [5.41, 5.74) is 2.38. The van der Waals surface area contributed by atoms with E-state index in [-0.39, 0.29) is 11.5 Å². The van der Waals surface area contributed by atoms with Gasteiger partial charge < -0.3 is 5.32 Å². The maximum atomic E-state index is 11.3. The van der Waals surface area contributed by atoms with E-state index in [0.29, 0.717) is 12.1 Å². The molecule has 0 aromatic heterocycles. The number of hydrogen-bond acceptors (Lipinski definition) is 4. The fourth-order valence-electron chi connectivity index (χ4n) is 1.37. The minimum absolute atomic E-state index is 0.111. The van der Waals surface area contributed by atoms with Crippen LogP contribution in [0.1, 0.15) is 18.1 Å². The van der Waals surface area contributed by atoms with Gasteiger partial charge in [-0.15, -0.1) is 0 Å². The lowest BCUT2D eigenvalue weighted by atomic mass is 10.1. The van der Waals surface area contributed by atoms with E-state index in [1.165, 1.54) is 0 Å². The van der Waals surface area contributed by atoms with Crippen LogP contribution in [0, 0.1) is 18.3 Å². The minimum Gasteiger partial charge on any atom is -0.384 e. The average molecular weight is 252 g/mol. The Bertz CT molecular complexity index is 530. The fourth-order valence-corrected chi connectivity index (χ4v) is 2.07. The van der Waals surface area contributed by atoms with Crippen LogP contribution in [0.4, 0.5) is 5.69 Å². The second kappa shape index (κ2) is 5.69. The smallest absolute Gasteiger partial charge is 0.151 e. The molecule has 1 aromatic carbocycles. The number of sulfone groups is 1. The molecule has 0 heterocycles. The highest BCUT2D eigenvalue weighted by atomic mass is 32.2. The van der Waals surface area contributed by atoms with E-state index in [4.69, 9.17) is 5.26 Å². The van der Waals surface area contributed by atoms with Crippen LogP contribution in [0.5, 0.6) is 0 Å². The molecule has 0 saturated carbocycles. The second-order valence-electron chi connectivity index (χ2n) is 3.80. The van der Waals surface area contributed by atoms with Gasteiger partial charge in [0.05, 0.1) is 17.4 Å². The Morgan fingerprint density at radius 1 is 1.41 bits per heavy atom. The van der Waals surface area contributed by atoms with Gasteiger partial charge in [0.25, 0.3) is 0 Å². The van der Waals surface area contributed by atoms with Crippen molar-refractivity contribution in [1.82, 2.24) is 0 Å². The van der Waals surface area contributed by atoms with Crippen molar-refractivity contribution in [3.8, 4) is 6.07 Å². The average Bonchev–Trinajstić information content (AvgIpc) is 2.31. The van der Waals surface area contributed by atoms with Crippen LogP contribution < -0.4 is 5.32 Å². The summed E-state index contributed by atoms with van der Waals surface area (Å²) in [7, 11) is -2.95. The Balaban J connectivity index is 2.67. The molecule has 0 fully saturated rings. The van der Waals surface area contributed by atoms with Crippen molar-refractivity contribution in [1.29, 1.82) is 5.26 Å². The van der Waals surface area contributed by atoms with Crippen LogP contribution in [-0.4, -0.2) is 26.5 Å². The molecule has 1 N–H and O–H groups in total. The van der Waals surface area contributed by atoms with Gasteiger partial charge in [0, 0.05) is 18.0 Å². The van der Waals surface area contributed by atoms with Gasteiger partial charge in [0.15, 0.2) is 9.84 Å². The molecular weight excluding hydrogens is 236 g/mol. The molecule has 92 valence electrons. The summed E-state index contributed by atoms with van der Waals surface area (Å²) in [4.78, 5) is 0. The van der Waals surface area contributed by atoms with Gasteiger partial charge in [-0.3, -0.25) is 0 Å². The zero-order chi connectivity index (χ0) is 12.9. The number of aryl methyl sites for hydroxylation is 1. The molecule has 0 amide bonds.